The molecule has 1 aliphatic heterocycles. The van der Waals surface area contributed by atoms with Gasteiger partial charge in [-0.05, 0) is 82.2 Å². The molecule has 0 atom stereocenters. The first kappa shape index (κ1) is 25.5. The molecule has 0 radical (unpaired) electrons. The molecule has 0 aromatic heterocycles. The highest BCUT2D eigenvalue weighted by Crippen LogP contribution is 2.40. The molecule has 2 amide bonds. The molecule has 4 rings (SSSR count). The Labute approximate surface area is 223 Å². The molecule has 35 heavy (non-hydrogen) atoms. The van der Waals surface area contributed by atoms with Crippen LogP contribution >= 0.6 is 43.6 Å². The number of thioether (sulfide) groups is 1. The fourth-order valence-electron chi connectivity index (χ4n) is 3.45. The summed E-state index contributed by atoms with van der Waals surface area (Å²) in [6.07, 6.45) is 1.65. The van der Waals surface area contributed by atoms with E-state index in [1.807, 2.05) is 31.2 Å². The summed E-state index contributed by atoms with van der Waals surface area (Å²) < 4.78 is 27.1. The van der Waals surface area contributed by atoms with Crippen molar-refractivity contribution < 1.29 is 23.5 Å². The average molecular weight is 621 g/mol. The summed E-state index contributed by atoms with van der Waals surface area (Å²) in [5.41, 5.74) is 1.93. The lowest BCUT2D eigenvalue weighted by Crippen LogP contribution is -2.27. The first-order valence-corrected chi connectivity index (χ1v) is 13.1. The molecule has 0 unspecified atom stereocenters. The molecule has 3 aromatic carbocycles. The smallest absolute Gasteiger partial charge is 0.293 e. The van der Waals surface area contributed by atoms with Crippen LogP contribution < -0.4 is 9.47 Å². The number of hydrogen-bond donors (Lipinski definition) is 0. The van der Waals surface area contributed by atoms with Gasteiger partial charge < -0.3 is 9.47 Å². The van der Waals surface area contributed by atoms with E-state index in [2.05, 4.69) is 31.9 Å². The second kappa shape index (κ2) is 11.4. The van der Waals surface area contributed by atoms with Gasteiger partial charge in [-0.2, -0.15) is 0 Å². The molecule has 1 saturated heterocycles. The summed E-state index contributed by atoms with van der Waals surface area (Å²) in [7, 11) is 0. The van der Waals surface area contributed by atoms with Gasteiger partial charge in [0.2, 0.25) is 0 Å². The number of rotatable bonds is 8. The van der Waals surface area contributed by atoms with Gasteiger partial charge in [-0.3, -0.25) is 14.5 Å². The summed E-state index contributed by atoms with van der Waals surface area (Å²) >= 11 is 7.80. The van der Waals surface area contributed by atoms with Crippen LogP contribution in [0.3, 0.4) is 0 Å². The molecule has 1 heterocycles. The maximum atomic E-state index is 14.0. The van der Waals surface area contributed by atoms with Crippen molar-refractivity contribution in [2.45, 2.75) is 20.1 Å². The number of ether oxygens (including phenoxy) is 2. The van der Waals surface area contributed by atoms with Crippen LogP contribution in [0, 0.1) is 5.82 Å². The predicted molar refractivity (Wildman–Crippen MR) is 142 cm³/mol. The maximum Gasteiger partial charge on any atom is 0.293 e. The summed E-state index contributed by atoms with van der Waals surface area (Å²) in [5, 5.41) is -0.324. The van der Waals surface area contributed by atoms with Gasteiger partial charge >= 0.3 is 0 Å². The highest BCUT2D eigenvalue weighted by molar-refractivity contribution is 9.10. The lowest BCUT2D eigenvalue weighted by molar-refractivity contribution is -0.123. The van der Waals surface area contributed by atoms with Crippen molar-refractivity contribution in [2.75, 3.05) is 6.61 Å². The zero-order valence-corrected chi connectivity index (χ0v) is 22.6. The fraction of sp³-hybridized carbons (Fsp3) is 0.154. The quantitative estimate of drug-likeness (QED) is 0.243. The third kappa shape index (κ3) is 6.15. The van der Waals surface area contributed by atoms with E-state index < -0.39 is 0 Å². The number of nitrogens with zero attached hydrogens (tertiary/aromatic N) is 1. The lowest BCUT2D eigenvalue weighted by Gasteiger charge is -2.15. The van der Waals surface area contributed by atoms with Crippen LogP contribution in [0.25, 0.3) is 6.08 Å². The molecule has 0 N–H and O–H groups in total. The van der Waals surface area contributed by atoms with Gasteiger partial charge in [0, 0.05) is 10.0 Å². The highest BCUT2D eigenvalue weighted by atomic mass is 79.9. The number of carbonyl (C=O) groups excluding carboxylic acids is 2. The summed E-state index contributed by atoms with van der Waals surface area (Å²) in [5.74, 6) is 0.165. The Morgan fingerprint density at radius 2 is 1.83 bits per heavy atom. The Balaban J connectivity index is 1.56. The summed E-state index contributed by atoms with van der Waals surface area (Å²) in [4.78, 5) is 27.1. The molecule has 0 bridgehead atoms. The summed E-state index contributed by atoms with van der Waals surface area (Å²) in [6.45, 7) is 2.45. The Bertz CT molecular complexity index is 1310. The number of hydrogen-bond acceptors (Lipinski definition) is 5. The monoisotopic (exact) mass is 619 g/mol. The average Bonchev–Trinajstić information content (AvgIpc) is 3.07. The lowest BCUT2D eigenvalue weighted by atomic mass is 10.1. The van der Waals surface area contributed by atoms with Gasteiger partial charge in [0.1, 0.15) is 12.4 Å². The van der Waals surface area contributed by atoms with Crippen LogP contribution in [-0.2, 0) is 17.9 Å². The van der Waals surface area contributed by atoms with Crippen LogP contribution in [0.1, 0.15) is 23.6 Å². The highest BCUT2D eigenvalue weighted by Gasteiger charge is 2.35. The van der Waals surface area contributed by atoms with E-state index in [9.17, 15) is 14.0 Å². The molecule has 180 valence electrons. The number of imide groups is 1. The number of amides is 2. The summed E-state index contributed by atoms with van der Waals surface area (Å²) in [6, 6.07) is 17.4. The zero-order chi connectivity index (χ0) is 24.9. The molecular formula is C26H20Br2FNO4S. The van der Waals surface area contributed by atoms with Crippen LogP contribution in [0.2, 0.25) is 0 Å². The topological polar surface area (TPSA) is 55.8 Å². The second-order valence-electron chi connectivity index (χ2n) is 7.54. The van der Waals surface area contributed by atoms with E-state index in [0.717, 1.165) is 21.8 Å². The van der Waals surface area contributed by atoms with E-state index in [-0.39, 0.29) is 30.1 Å². The minimum atomic E-state index is -0.353. The molecule has 5 nitrogen and oxygen atoms in total. The predicted octanol–water partition coefficient (Wildman–Crippen LogP) is 7.56. The zero-order valence-electron chi connectivity index (χ0n) is 18.6. The van der Waals surface area contributed by atoms with Gasteiger partial charge in [-0.1, -0.05) is 46.3 Å². The number of carbonyl (C=O) groups is 2. The van der Waals surface area contributed by atoms with E-state index in [1.165, 1.54) is 11.0 Å². The normalized spacial score (nSPS) is 14.6. The van der Waals surface area contributed by atoms with Crippen molar-refractivity contribution in [1.82, 2.24) is 4.90 Å². The minimum Gasteiger partial charge on any atom is -0.490 e. The van der Waals surface area contributed by atoms with Crippen molar-refractivity contribution in [1.29, 1.82) is 0 Å². The third-order valence-electron chi connectivity index (χ3n) is 5.06. The Morgan fingerprint density at radius 1 is 1.03 bits per heavy atom. The van der Waals surface area contributed by atoms with E-state index in [1.54, 1.807) is 36.4 Å². The largest absolute Gasteiger partial charge is 0.490 e. The minimum absolute atomic E-state index is 0.0270. The standard InChI is InChI=1S/C26H20Br2FNO4S/c1-2-33-22-12-17(11-20(28)24(22)34-15-18-7-3-4-9-21(18)29)13-23-25(31)30(26(32)35-23)14-16-6-5-8-19(27)10-16/h3-13H,2,14-15H2,1H3/b23-13-. The Hall–Kier alpha value is -2.62. The molecule has 9 heteroatoms. The fourth-order valence-corrected chi connectivity index (χ4v) is 5.30. The SMILES string of the molecule is CCOc1cc(/C=C2\SC(=O)N(Cc3cccc(Br)c3)C2=O)cc(Br)c1OCc1ccccc1F. The van der Waals surface area contributed by atoms with E-state index in [0.29, 0.717) is 38.6 Å². The van der Waals surface area contributed by atoms with Gasteiger partial charge in [-0.15, -0.1) is 0 Å². The van der Waals surface area contributed by atoms with E-state index >= 15 is 0 Å². The Morgan fingerprint density at radius 3 is 2.57 bits per heavy atom. The molecule has 1 fully saturated rings. The molecule has 0 saturated carbocycles. The first-order valence-electron chi connectivity index (χ1n) is 10.7. The van der Waals surface area contributed by atoms with Crippen LogP contribution in [0.4, 0.5) is 9.18 Å². The van der Waals surface area contributed by atoms with Crippen molar-refractivity contribution in [3.8, 4) is 11.5 Å². The van der Waals surface area contributed by atoms with Gasteiger partial charge in [0.25, 0.3) is 11.1 Å². The molecular weight excluding hydrogens is 601 g/mol. The van der Waals surface area contributed by atoms with E-state index in [4.69, 9.17) is 9.47 Å². The second-order valence-corrected chi connectivity index (χ2v) is 10.3. The van der Waals surface area contributed by atoms with Crippen molar-refractivity contribution in [2.24, 2.45) is 0 Å². The van der Waals surface area contributed by atoms with Gasteiger partial charge in [0.15, 0.2) is 11.5 Å². The maximum absolute atomic E-state index is 14.0. The molecule has 0 aliphatic carbocycles. The van der Waals surface area contributed by atoms with Crippen molar-refractivity contribution in [3.63, 3.8) is 0 Å². The molecule has 1 aliphatic rings. The van der Waals surface area contributed by atoms with Crippen LogP contribution in [0.5, 0.6) is 11.5 Å². The third-order valence-corrected chi connectivity index (χ3v) is 7.05. The van der Waals surface area contributed by atoms with Gasteiger partial charge in [-0.25, -0.2) is 4.39 Å². The van der Waals surface area contributed by atoms with Gasteiger partial charge in [0.05, 0.1) is 22.5 Å². The first-order chi connectivity index (χ1) is 16.9. The Kier molecular flexibility index (Phi) is 8.30. The number of halogens is 3. The van der Waals surface area contributed by atoms with Crippen molar-refractivity contribution in [3.05, 3.63) is 97.0 Å². The van der Waals surface area contributed by atoms with Crippen LogP contribution in [-0.4, -0.2) is 22.7 Å². The van der Waals surface area contributed by atoms with Crippen molar-refractivity contribution >= 4 is 60.8 Å². The molecule has 0 spiro atoms. The number of benzene rings is 3. The van der Waals surface area contributed by atoms with Crippen LogP contribution in [0.15, 0.2) is 74.5 Å². The molecule has 3 aromatic rings.